The summed E-state index contributed by atoms with van der Waals surface area (Å²) in [4.78, 5) is 21.4. The summed E-state index contributed by atoms with van der Waals surface area (Å²) >= 11 is 0. The fraction of sp³-hybridized carbons (Fsp3) is 0.333. The third-order valence-electron chi connectivity index (χ3n) is 5.59. The van der Waals surface area contributed by atoms with E-state index in [1.54, 1.807) is 6.20 Å². The zero-order chi connectivity index (χ0) is 21.6. The standard InChI is InChI=1S/C24H27FN4O2/c1-27-14-11-26-23(27)18-31-22-9-5-20(6-10-22)24(30)29-13-2-12-28(15-16-29)17-19-3-7-21(25)8-4-19/h3-11,14H,2,12-13,15-18H2,1H3. The number of amides is 1. The van der Waals surface area contributed by atoms with E-state index in [9.17, 15) is 9.18 Å². The number of ether oxygens (including phenoxy) is 1. The number of nitrogens with zero attached hydrogens (tertiary/aromatic N) is 4. The van der Waals surface area contributed by atoms with Gasteiger partial charge in [0.15, 0.2) is 0 Å². The maximum Gasteiger partial charge on any atom is 0.253 e. The molecule has 4 rings (SSSR count). The third kappa shape index (κ3) is 5.49. The van der Waals surface area contributed by atoms with Gasteiger partial charge in [-0.05, 0) is 48.4 Å². The normalized spacial score (nSPS) is 15.0. The van der Waals surface area contributed by atoms with Crippen LogP contribution < -0.4 is 4.74 Å². The Hall–Kier alpha value is -3.19. The number of hydrogen-bond acceptors (Lipinski definition) is 4. The average molecular weight is 423 g/mol. The summed E-state index contributed by atoms with van der Waals surface area (Å²) in [5, 5.41) is 0. The molecule has 0 atom stereocenters. The number of imidazole rings is 1. The molecular formula is C24H27FN4O2. The lowest BCUT2D eigenvalue weighted by molar-refractivity contribution is 0.0761. The van der Waals surface area contributed by atoms with Crippen LogP contribution in [-0.4, -0.2) is 51.4 Å². The Morgan fingerprint density at radius 3 is 2.52 bits per heavy atom. The number of hydrogen-bond donors (Lipinski definition) is 0. The molecule has 0 spiro atoms. The number of carbonyl (C=O) groups excluding carboxylic acids is 1. The number of halogens is 1. The van der Waals surface area contributed by atoms with Crippen molar-refractivity contribution in [3.63, 3.8) is 0 Å². The smallest absolute Gasteiger partial charge is 0.253 e. The number of benzene rings is 2. The van der Waals surface area contributed by atoms with Crippen molar-refractivity contribution in [3.05, 3.63) is 83.7 Å². The van der Waals surface area contributed by atoms with Crippen molar-refractivity contribution >= 4 is 5.91 Å². The first-order valence-electron chi connectivity index (χ1n) is 10.5. The fourth-order valence-corrected chi connectivity index (χ4v) is 3.74. The molecule has 1 fully saturated rings. The predicted octanol–water partition coefficient (Wildman–Crippen LogP) is 3.49. The van der Waals surface area contributed by atoms with Crippen LogP contribution in [-0.2, 0) is 20.2 Å². The first-order valence-corrected chi connectivity index (χ1v) is 10.5. The predicted molar refractivity (Wildman–Crippen MR) is 116 cm³/mol. The minimum absolute atomic E-state index is 0.0410. The van der Waals surface area contributed by atoms with Crippen LogP contribution in [0.4, 0.5) is 4.39 Å². The molecule has 0 aliphatic carbocycles. The highest BCUT2D eigenvalue weighted by molar-refractivity contribution is 5.94. The molecule has 0 N–H and O–H groups in total. The van der Waals surface area contributed by atoms with Gasteiger partial charge in [0.1, 0.15) is 24.0 Å². The molecule has 6 nitrogen and oxygen atoms in total. The molecule has 0 bridgehead atoms. The van der Waals surface area contributed by atoms with Crippen LogP contribution in [0.1, 0.15) is 28.2 Å². The summed E-state index contributed by atoms with van der Waals surface area (Å²) in [6, 6.07) is 13.9. The number of rotatable bonds is 6. The second-order valence-electron chi connectivity index (χ2n) is 7.82. The quantitative estimate of drug-likeness (QED) is 0.610. The van der Waals surface area contributed by atoms with E-state index in [0.717, 1.165) is 44.0 Å². The molecule has 2 aromatic carbocycles. The van der Waals surface area contributed by atoms with Gasteiger partial charge in [-0.3, -0.25) is 9.69 Å². The molecule has 7 heteroatoms. The Balaban J connectivity index is 1.30. The molecule has 0 saturated carbocycles. The average Bonchev–Trinajstić information content (AvgIpc) is 3.05. The second-order valence-corrected chi connectivity index (χ2v) is 7.82. The molecule has 2 heterocycles. The molecule has 162 valence electrons. The van der Waals surface area contributed by atoms with Gasteiger partial charge in [0.2, 0.25) is 0 Å². The monoisotopic (exact) mass is 422 g/mol. The first-order chi connectivity index (χ1) is 15.1. The molecule has 1 amide bonds. The second kappa shape index (κ2) is 9.75. The lowest BCUT2D eigenvalue weighted by atomic mass is 10.2. The first kappa shape index (κ1) is 21.1. The van der Waals surface area contributed by atoms with Gasteiger partial charge in [0.25, 0.3) is 5.91 Å². The zero-order valence-corrected chi connectivity index (χ0v) is 17.7. The van der Waals surface area contributed by atoms with Gasteiger partial charge in [-0.2, -0.15) is 0 Å². The highest BCUT2D eigenvalue weighted by Gasteiger charge is 2.20. The maximum atomic E-state index is 13.1. The largest absolute Gasteiger partial charge is 0.486 e. The van der Waals surface area contributed by atoms with Gasteiger partial charge >= 0.3 is 0 Å². The Labute approximate surface area is 181 Å². The third-order valence-corrected chi connectivity index (χ3v) is 5.59. The molecule has 31 heavy (non-hydrogen) atoms. The minimum Gasteiger partial charge on any atom is -0.486 e. The maximum absolute atomic E-state index is 13.1. The Bertz CT molecular complexity index is 1000. The van der Waals surface area contributed by atoms with E-state index in [1.807, 2.05) is 59.1 Å². The topological polar surface area (TPSA) is 50.6 Å². The number of carbonyl (C=O) groups is 1. The van der Waals surface area contributed by atoms with E-state index in [1.165, 1.54) is 12.1 Å². The number of aryl methyl sites for hydroxylation is 1. The lowest BCUT2D eigenvalue weighted by Crippen LogP contribution is -2.35. The van der Waals surface area contributed by atoms with Crippen molar-refractivity contribution in [2.24, 2.45) is 7.05 Å². The highest BCUT2D eigenvalue weighted by Crippen LogP contribution is 2.17. The van der Waals surface area contributed by atoms with Gasteiger partial charge in [0, 0.05) is 57.7 Å². The SMILES string of the molecule is Cn1ccnc1COc1ccc(C(=O)N2CCCN(Cc3ccc(F)cc3)CC2)cc1. The van der Waals surface area contributed by atoms with E-state index in [4.69, 9.17) is 4.74 Å². The fourth-order valence-electron chi connectivity index (χ4n) is 3.74. The molecule has 1 aliphatic rings. The summed E-state index contributed by atoms with van der Waals surface area (Å²) in [5.41, 5.74) is 1.75. The Morgan fingerprint density at radius 2 is 1.81 bits per heavy atom. The van der Waals surface area contributed by atoms with E-state index < -0.39 is 0 Å². The molecule has 1 aliphatic heterocycles. The lowest BCUT2D eigenvalue weighted by Gasteiger charge is -2.22. The van der Waals surface area contributed by atoms with Crippen molar-refractivity contribution in [3.8, 4) is 5.75 Å². The van der Waals surface area contributed by atoms with Crippen LogP contribution in [0.25, 0.3) is 0 Å². The summed E-state index contributed by atoms with van der Waals surface area (Å²) in [5.74, 6) is 1.37. The van der Waals surface area contributed by atoms with Crippen LogP contribution in [0.15, 0.2) is 60.9 Å². The molecular weight excluding hydrogens is 395 g/mol. The zero-order valence-electron chi connectivity index (χ0n) is 17.7. The van der Waals surface area contributed by atoms with Crippen molar-refractivity contribution in [2.75, 3.05) is 26.2 Å². The Morgan fingerprint density at radius 1 is 1.03 bits per heavy atom. The van der Waals surface area contributed by atoms with Gasteiger partial charge < -0.3 is 14.2 Å². The summed E-state index contributed by atoms with van der Waals surface area (Å²) in [6.45, 7) is 4.28. The van der Waals surface area contributed by atoms with Crippen LogP contribution in [0.3, 0.4) is 0 Å². The Kier molecular flexibility index (Phi) is 6.62. The molecule has 3 aromatic rings. The number of aromatic nitrogens is 2. The van der Waals surface area contributed by atoms with Crippen LogP contribution in [0.2, 0.25) is 0 Å². The van der Waals surface area contributed by atoms with Crippen LogP contribution in [0.5, 0.6) is 5.75 Å². The highest BCUT2D eigenvalue weighted by atomic mass is 19.1. The molecule has 0 radical (unpaired) electrons. The van der Waals surface area contributed by atoms with Gasteiger partial charge in [0.05, 0.1) is 0 Å². The van der Waals surface area contributed by atoms with Crippen LogP contribution >= 0.6 is 0 Å². The van der Waals surface area contributed by atoms with E-state index in [2.05, 4.69) is 9.88 Å². The van der Waals surface area contributed by atoms with Crippen LogP contribution in [0, 0.1) is 5.82 Å². The van der Waals surface area contributed by atoms with Crippen molar-refractivity contribution in [2.45, 2.75) is 19.6 Å². The molecule has 0 unspecified atom stereocenters. The van der Waals surface area contributed by atoms with E-state index in [-0.39, 0.29) is 11.7 Å². The van der Waals surface area contributed by atoms with Gasteiger partial charge in [-0.15, -0.1) is 0 Å². The molecule has 1 saturated heterocycles. The summed E-state index contributed by atoms with van der Waals surface area (Å²) in [6.07, 6.45) is 4.53. The minimum atomic E-state index is -0.218. The summed E-state index contributed by atoms with van der Waals surface area (Å²) in [7, 11) is 1.93. The summed E-state index contributed by atoms with van der Waals surface area (Å²) < 4.78 is 20.8. The van der Waals surface area contributed by atoms with E-state index in [0.29, 0.717) is 24.5 Å². The van der Waals surface area contributed by atoms with E-state index >= 15 is 0 Å². The van der Waals surface area contributed by atoms with Crippen molar-refractivity contribution in [1.29, 1.82) is 0 Å². The van der Waals surface area contributed by atoms with Gasteiger partial charge in [-0.1, -0.05) is 12.1 Å². The van der Waals surface area contributed by atoms with Crippen molar-refractivity contribution in [1.82, 2.24) is 19.4 Å². The van der Waals surface area contributed by atoms with Gasteiger partial charge in [-0.25, -0.2) is 9.37 Å². The molecule has 1 aromatic heterocycles. The van der Waals surface area contributed by atoms with Crippen molar-refractivity contribution < 1.29 is 13.9 Å².